The van der Waals surface area contributed by atoms with Gasteiger partial charge < -0.3 is 18.9 Å². The smallest absolute Gasteiger partial charge is 0.0701 e. The van der Waals surface area contributed by atoms with Crippen LogP contribution in [0, 0.1) is 5.92 Å². The average Bonchev–Trinajstić information content (AvgIpc) is 2.93. The molecule has 0 atom stereocenters. The van der Waals surface area contributed by atoms with Crippen molar-refractivity contribution in [1.29, 1.82) is 0 Å². The van der Waals surface area contributed by atoms with Gasteiger partial charge in [-0.15, -0.1) is 0 Å². The molecule has 0 amide bonds. The van der Waals surface area contributed by atoms with Gasteiger partial charge in [0, 0.05) is 13.7 Å². The molecule has 0 unspecified atom stereocenters. The lowest BCUT2D eigenvalue weighted by Gasteiger charge is -2.09. The van der Waals surface area contributed by atoms with Crippen molar-refractivity contribution >= 4 is 0 Å². The van der Waals surface area contributed by atoms with Gasteiger partial charge >= 0.3 is 0 Å². The number of hydrogen-bond acceptors (Lipinski definition) is 4. The van der Waals surface area contributed by atoms with E-state index in [1.165, 1.54) is 38.5 Å². The molecule has 0 aliphatic heterocycles. The first-order valence-corrected chi connectivity index (χ1v) is 7.65. The van der Waals surface area contributed by atoms with Crippen molar-refractivity contribution in [3.63, 3.8) is 0 Å². The maximum absolute atomic E-state index is 5.55. The SMILES string of the molecule is COCCOCCOCCOCCCC1CCCC1. The molecule has 0 heterocycles. The Kier molecular flexibility index (Phi) is 11.4. The molecule has 0 aromatic heterocycles. The van der Waals surface area contributed by atoms with Crippen molar-refractivity contribution in [2.75, 3.05) is 53.4 Å². The first kappa shape index (κ1) is 16.9. The van der Waals surface area contributed by atoms with Crippen molar-refractivity contribution in [3.05, 3.63) is 0 Å². The summed E-state index contributed by atoms with van der Waals surface area (Å²) in [6.07, 6.45) is 8.29. The van der Waals surface area contributed by atoms with Gasteiger partial charge in [-0.2, -0.15) is 0 Å². The van der Waals surface area contributed by atoms with Crippen molar-refractivity contribution in [2.24, 2.45) is 5.92 Å². The van der Waals surface area contributed by atoms with Crippen LogP contribution in [0.1, 0.15) is 38.5 Å². The predicted molar refractivity (Wildman–Crippen MR) is 75.5 cm³/mol. The molecular weight excluding hydrogens is 244 g/mol. The molecule has 114 valence electrons. The van der Waals surface area contributed by atoms with E-state index in [-0.39, 0.29) is 0 Å². The normalized spacial score (nSPS) is 16.3. The van der Waals surface area contributed by atoms with E-state index in [1.807, 2.05) is 0 Å². The van der Waals surface area contributed by atoms with Crippen LogP contribution in [0.25, 0.3) is 0 Å². The Labute approximate surface area is 117 Å². The summed E-state index contributed by atoms with van der Waals surface area (Å²) in [5.74, 6) is 0.976. The largest absolute Gasteiger partial charge is 0.382 e. The minimum absolute atomic E-state index is 0.630. The van der Waals surface area contributed by atoms with Gasteiger partial charge in [-0.1, -0.05) is 25.7 Å². The Bertz CT molecular complexity index is 181. The number of rotatable bonds is 13. The monoisotopic (exact) mass is 274 g/mol. The third kappa shape index (κ3) is 10.3. The second-order valence-electron chi connectivity index (χ2n) is 5.12. The van der Waals surface area contributed by atoms with E-state index in [0.717, 1.165) is 12.5 Å². The molecule has 4 heteroatoms. The third-order valence-corrected chi connectivity index (χ3v) is 3.55. The maximum Gasteiger partial charge on any atom is 0.0701 e. The predicted octanol–water partition coefficient (Wildman–Crippen LogP) is 2.65. The highest BCUT2D eigenvalue weighted by molar-refractivity contribution is 4.66. The Morgan fingerprint density at radius 3 is 1.84 bits per heavy atom. The van der Waals surface area contributed by atoms with E-state index in [1.54, 1.807) is 7.11 Å². The molecule has 0 N–H and O–H groups in total. The van der Waals surface area contributed by atoms with Crippen LogP contribution in [0.2, 0.25) is 0 Å². The molecule has 0 bridgehead atoms. The summed E-state index contributed by atoms with van der Waals surface area (Å²) in [7, 11) is 1.67. The van der Waals surface area contributed by atoms with Crippen LogP contribution in [-0.4, -0.2) is 53.4 Å². The van der Waals surface area contributed by atoms with Gasteiger partial charge in [0.15, 0.2) is 0 Å². The summed E-state index contributed by atoms with van der Waals surface area (Å²) in [5, 5.41) is 0. The maximum atomic E-state index is 5.55. The lowest BCUT2D eigenvalue weighted by molar-refractivity contribution is 0.00298. The van der Waals surface area contributed by atoms with Gasteiger partial charge in [0.2, 0.25) is 0 Å². The summed E-state index contributed by atoms with van der Waals surface area (Å²) in [4.78, 5) is 0. The fourth-order valence-electron chi connectivity index (χ4n) is 2.46. The molecule has 1 aliphatic rings. The topological polar surface area (TPSA) is 36.9 Å². The van der Waals surface area contributed by atoms with Crippen LogP contribution in [0.5, 0.6) is 0 Å². The zero-order chi connectivity index (χ0) is 13.6. The molecule has 0 spiro atoms. The van der Waals surface area contributed by atoms with Crippen LogP contribution in [0.3, 0.4) is 0 Å². The van der Waals surface area contributed by atoms with E-state index in [4.69, 9.17) is 18.9 Å². The minimum atomic E-state index is 0.630. The van der Waals surface area contributed by atoms with E-state index < -0.39 is 0 Å². The second kappa shape index (κ2) is 12.9. The van der Waals surface area contributed by atoms with E-state index in [0.29, 0.717) is 39.6 Å². The van der Waals surface area contributed by atoms with Crippen LogP contribution in [0.4, 0.5) is 0 Å². The zero-order valence-electron chi connectivity index (χ0n) is 12.4. The quantitative estimate of drug-likeness (QED) is 0.484. The average molecular weight is 274 g/mol. The van der Waals surface area contributed by atoms with Gasteiger partial charge in [-0.3, -0.25) is 0 Å². The Hall–Kier alpha value is -0.160. The first-order chi connectivity index (χ1) is 9.43. The van der Waals surface area contributed by atoms with Crippen LogP contribution < -0.4 is 0 Å². The van der Waals surface area contributed by atoms with Gasteiger partial charge in [0.1, 0.15) is 0 Å². The summed E-state index contributed by atoms with van der Waals surface area (Å²) in [6.45, 7) is 4.78. The van der Waals surface area contributed by atoms with E-state index in [9.17, 15) is 0 Å². The molecule has 1 saturated carbocycles. The summed E-state index contributed by atoms with van der Waals surface area (Å²) < 4.78 is 21.1. The molecule has 0 saturated heterocycles. The van der Waals surface area contributed by atoms with Gasteiger partial charge in [-0.25, -0.2) is 0 Å². The molecule has 1 rings (SSSR count). The minimum Gasteiger partial charge on any atom is -0.382 e. The molecule has 0 radical (unpaired) electrons. The lowest BCUT2D eigenvalue weighted by Crippen LogP contribution is -2.11. The number of ether oxygens (including phenoxy) is 4. The molecule has 0 aromatic rings. The Morgan fingerprint density at radius 2 is 1.26 bits per heavy atom. The summed E-state index contributed by atoms with van der Waals surface area (Å²) >= 11 is 0. The molecular formula is C15H30O4. The molecule has 1 aliphatic carbocycles. The van der Waals surface area contributed by atoms with Gasteiger partial charge in [0.05, 0.1) is 39.6 Å². The van der Waals surface area contributed by atoms with Crippen molar-refractivity contribution in [1.82, 2.24) is 0 Å². The highest BCUT2D eigenvalue weighted by atomic mass is 16.6. The van der Waals surface area contributed by atoms with Crippen molar-refractivity contribution in [2.45, 2.75) is 38.5 Å². The summed E-state index contributed by atoms with van der Waals surface area (Å²) in [5.41, 5.74) is 0. The highest BCUT2D eigenvalue weighted by Gasteiger charge is 2.13. The first-order valence-electron chi connectivity index (χ1n) is 7.65. The number of hydrogen-bond donors (Lipinski definition) is 0. The van der Waals surface area contributed by atoms with E-state index in [2.05, 4.69) is 0 Å². The molecule has 0 aromatic carbocycles. The van der Waals surface area contributed by atoms with E-state index >= 15 is 0 Å². The van der Waals surface area contributed by atoms with Gasteiger partial charge in [0.25, 0.3) is 0 Å². The summed E-state index contributed by atoms with van der Waals surface area (Å²) in [6, 6.07) is 0. The van der Waals surface area contributed by atoms with Crippen LogP contribution in [0.15, 0.2) is 0 Å². The molecule has 4 nitrogen and oxygen atoms in total. The Balaban J connectivity index is 1.67. The fraction of sp³-hybridized carbons (Fsp3) is 1.00. The highest BCUT2D eigenvalue weighted by Crippen LogP contribution is 2.28. The van der Waals surface area contributed by atoms with Gasteiger partial charge in [-0.05, 0) is 18.8 Å². The molecule has 19 heavy (non-hydrogen) atoms. The number of methoxy groups -OCH3 is 1. The lowest BCUT2D eigenvalue weighted by atomic mass is 10.0. The van der Waals surface area contributed by atoms with Crippen molar-refractivity contribution in [3.8, 4) is 0 Å². The Morgan fingerprint density at radius 1 is 0.737 bits per heavy atom. The second-order valence-corrected chi connectivity index (χ2v) is 5.12. The fourth-order valence-corrected chi connectivity index (χ4v) is 2.46. The zero-order valence-corrected chi connectivity index (χ0v) is 12.4. The standard InChI is InChI=1S/C15H30O4/c1-16-9-10-18-13-14-19-12-11-17-8-4-7-15-5-2-3-6-15/h15H,2-14H2,1H3. The van der Waals surface area contributed by atoms with Crippen molar-refractivity contribution < 1.29 is 18.9 Å². The van der Waals surface area contributed by atoms with Crippen LogP contribution in [-0.2, 0) is 18.9 Å². The van der Waals surface area contributed by atoms with Crippen LogP contribution >= 0.6 is 0 Å². The third-order valence-electron chi connectivity index (χ3n) is 3.55. The molecule has 1 fully saturated rings.